The van der Waals surface area contributed by atoms with Gasteiger partial charge in [0.25, 0.3) is 0 Å². The number of hydrogen-bond donors (Lipinski definition) is 1. The Labute approximate surface area is 66.4 Å². The van der Waals surface area contributed by atoms with Gasteiger partial charge < -0.3 is 5.43 Å². The molecular formula is C7H12N4. The van der Waals surface area contributed by atoms with Crippen molar-refractivity contribution in [3.05, 3.63) is 24.7 Å². The molecule has 0 saturated heterocycles. The molecule has 4 heteroatoms. The Kier molecular flexibility index (Phi) is 2.15. The van der Waals surface area contributed by atoms with Crippen LogP contribution in [-0.4, -0.2) is 30.3 Å². The second-order valence-electron chi connectivity index (χ2n) is 2.25. The zero-order chi connectivity index (χ0) is 8.27. The molecular weight excluding hydrogens is 140 g/mol. The Morgan fingerprint density at radius 2 is 2.27 bits per heavy atom. The van der Waals surface area contributed by atoms with E-state index in [4.69, 9.17) is 0 Å². The largest absolute Gasteiger partial charge is 0.305 e. The van der Waals surface area contributed by atoms with Crippen LogP contribution < -0.4 is 5.43 Å². The van der Waals surface area contributed by atoms with Crippen molar-refractivity contribution in [3.63, 3.8) is 0 Å². The highest BCUT2D eigenvalue weighted by Crippen LogP contribution is 2.01. The molecule has 1 rings (SSSR count). The third kappa shape index (κ3) is 1.73. The molecule has 11 heavy (non-hydrogen) atoms. The van der Waals surface area contributed by atoms with E-state index in [1.807, 2.05) is 20.2 Å². The summed E-state index contributed by atoms with van der Waals surface area (Å²) in [4.78, 5) is 0. The molecule has 0 aromatic heterocycles. The quantitative estimate of drug-likeness (QED) is 0.543. The lowest BCUT2D eigenvalue weighted by molar-refractivity contribution is 0.240. The minimum atomic E-state index is 0.797. The van der Waals surface area contributed by atoms with Gasteiger partial charge in [0.2, 0.25) is 0 Å². The van der Waals surface area contributed by atoms with Crippen molar-refractivity contribution >= 4 is 6.21 Å². The number of nitrogens with zero attached hydrogens (tertiary/aromatic N) is 3. The lowest BCUT2D eigenvalue weighted by Crippen LogP contribution is -2.35. The van der Waals surface area contributed by atoms with Crippen molar-refractivity contribution in [3.8, 4) is 0 Å². The van der Waals surface area contributed by atoms with E-state index in [9.17, 15) is 0 Å². The summed E-state index contributed by atoms with van der Waals surface area (Å²) in [5, 5.41) is 7.53. The monoisotopic (exact) mass is 152 g/mol. The van der Waals surface area contributed by atoms with E-state index < -0.39 is 0 Å². The first-order chi connectivity index (χ1) is 5.22. The van der Waals surface area contributed by atoms with Crippen LogP contribution in [0.4, 0.5) is 0 Å². The number of rotatable bonds is 0. The van der Waals surface area contributed by atoms with Gasteiger partial charge in [0, 0.05) is 26.5 Å². The van der Waals surface area contributed by atoms with Crippen LogP contribution >= 0.6 is 0 Å². The Morgan fingerprint density at radius 1 is 1.55 bits per heavy atom. The summed E-state index contributed by atoms with van der Waals surface area (Å²) in [6, 6.07) is 0. The first-order valence-corrected chi connectivity index (χ1v) is 3.33. The summed E-state index contributed by atoms with van der Waals surface area (Å²) in [7, 11) is 3.72. The fraction of sp³-hybridized carbons (Fsp3) is 0.286. The first kappa shape index (κ1) is 7.65. The molecule has 60 valence electrons. The predicted molar refractivity (Wildman–Crippen MR) is 45.4 cm³/mol. The Hall–Kier alpha value is -1.45. The lowest BCUT2D eigenvalue weighted by Gasteiger charge is -2.26. The third-order valence-corrected chi connectivity index (χ3v) is 1.45. The molecule has 0 fully saturated rings. The van der Waals surface area contributed by atoms with E-state index in [0.29, 0.717) is 0 Å². The molecule has 1 N–H and O–H groups in total. The van der Waals surface area contributed by atoms with Crippen molar-refractivity contribution in [2.45, 2.75) is 0 Å². The zero-order valence-corrected chi connectivity index (χ0v) is 6.78. The first-order valence-electron chi connectivity index (χ1n) is 3.33. The summed E-state index contributed by atoms with van der Waals surface area (Å²) in [6.07, 6.45) is 5.31. The van der Waals surface area contributed by atoms with Crippen LogP contribution in [0.25, 0.3) is 0 Å². The van der Waals surface area contributed by atoms with Gasteiger partial charge in [-0.1, -0.05) is 6.58 Å². The van der Waals surface area contributed by atoms with Gasteiger partial charge in [-0.15, -0.1) is 0 Å². The molecule has 0 saturated carbocycles. The summed E-state index contributed by atoms with van der Waals surface area (Å²) in [5.41, 5.74) is 2.98. The average Bonchev–Trinajstić information content (AvgIpc) is 2.00. The summed E-state index contributed by atoms with van der Waals surface area (Å²) < 4.78 is 0. The number of hydrazine groups is 1. The van der Waals surface area contributed by atoms with Crippen molar-refractivity contribution in [1.82, 2.24) is 15.4 Å². The standard InChI is InChI=1S/C7H12N4/c1-7-10(2)8-5-4-6-9-11(7)3/h4-6,8H,1H2,2-3H3. The van der Waals surface area contributed by atoms with Gasteiger partial charge in [-0.05, 0) is 6.08 Å². The van der Waals surface area contributed by atoms with Crippen LogP contribution in [0.5, 0.6) is 0 Å². The van der Waals surface area contributed by atoms with Gasteiger partial charge >= 0.3 is 0 Å². The third-order valence-electron chi connectivity index (χ3n) is 1.45. The van der Waals surface area contributed by atoms with E-state index in [1.54, 1.807) is 22.4 Å². The van der Waals surface area contributed by atoms with E-state index in [1.165, 1.54) is 0 Å². The number of allylic oxidation sites excluding steroid dienone is 1. The molecule has 0 unspecified atom stereocenters. The van der Waals surface area contributed by atoms with E-state index >= 15 is 0 Å². The molecule has 4 nitrogen and oxygen atoms in total. The molecule has 1 heterocycles. The molecule has 0 aromatic carbocycles. The number of hydrogen-bond acceptors (Lipinski definition) is 4. The van der Waals surface area contributed by atoms with E-state index in [0.717, 1.165) is 5.82 Å². The summed E-state index contributed by atoms with van der Waals surface area (Å²) in [6.45, 7) is 3.82. The van der Waals surface area contributed by atoms with Gasteiger partial charge in [-0.3, -0.25) is 10.0 Å². The van der Waals surface area contributed by atoms with Crippen molar-refractivity contribution < 1.29 is 0 Å². The van der Waals surface area contributed by atoms with Crippen LogP contribution in [0.15, 0.2) is 29.8 Å². The molecule has 0 amide bonds. The van der Waals surface area contributed by atoms with Crippen molar-refractivity contribution in [1.29, 1.82) is 0 Å². The molecule has 0 aromatic rings. The van der Waals surface area contributed by atoms with Gasteiger partial charge in [-0.2, -0.15) is 5.10 Å². The maximum absolute atomic E-state index is 4.06. The maximum Gasteiger partial charge on any atom is 0.135 e. The SMILES string of the molecule is C=C1N(C)N=CC=CNN1C. The Balaban J connectivity index is 2.75. The second-order valence-corrected chi connectivity index (χ2v) is 2.25. The van der Waals surface area contributed by atoms with Crippen LogP contribution in [0, 0.1) is 0 Å². The summed E-state index contributed by atoms with van der Waals surface area (Å²) in [5.74, 6) is 0.797. The smallest absolute Gasteiger partial charge is 0.135 e. The average molecular weight is 152 g/mol. The van der Waals surface area contributed by atoms with Gasteiger partial charge in [0.1, 0.15) is 5.82 Å². The van der Waals surface area contributed by atoms with Crippen LogP contribution in [-0.2, 0) is 0 Å². The van der Waals surface area contributed by atoms with E-state index in [2.05, 4.69) is 17.1 Å². The van der Waals surface area contributed by atoms with Crippen molar-refractivity contribution in [2.24, 2.45) is 5.10 Å². The number of nitrogens with one attached hydrogen (secondary N) is 1. The molecule has 0 radical (unpaired) electrons. The van der Waals surface area contributed by atoms with Gasteiger partial charge in [0.05, 0.1) is 0 Å². The normalized spacial score (nSPS) is 17.8. The lowest BCUT2D eigenvalue weighted by atomic mass is 10.6. The highest BCUT2D eigenvalue weighted by Gasteiger charge is 2.04. The zero-order valence-electron chi connectivity index (χ0n) is 6.78. The fourth-order valence-corrected chi connectivity index (χ4v) is 0.695. The van der Waals surface area contributed by atoms with Crippen LogP contribution in [0.2, 0.25) is 0 Å². The maximum atomic E-state index is 4.06. The molecule has 0 spiro atoms. The van der Waals surface area contributed by atoms with Gasteiger partial charge in [-0.25, -0.2) is 0 Å². The van der Waals surface area contributed by atoms with Crippen LogP contribution in [0.3, 0.4) is 0 Å². The minimum Gasteiger partial charge on any atom is -0.305 e. The Bertz CT molecular complexity index is 206. The highest BCUT2D eigenvalue weighted by molar-refractivity contribution is 5.70. The number of hydrazone groups is 1. The minimum absolute atomic E-state index is 0.797. The summed E-state index contributed by atoms with van der Waals surface area (Å²) >= 11 is 0. The Morgan fingerprint density at radius 3 is 3.00 bits per heavy atom. The van der Waals surface area contributed by atoms with E-state index in [-0.39, 0.29) is 0 Å². The molecule has 0 atom stereocenters. The topological polar surface area (TPSA) is 30.9 Å². The molecule has 0 aliphatic carbocycles. The van der Waals surface area contributed by atoms with Crippen molar-refractivity contribution in [2.75, 3.05) is 14.1 Å². The highest BCUT2D eigenvalue weighted by atomic mass is 15.6. The molecule has 1 aliphatic heterocycles. The second kappa shape index (κ2) is 3.09. The molecule has 0 bridgehead atoms. The molecule has 1 aliphatic rings. The predicted octanol–water partition coefficient (Wildman–Crippen LogP) is 0.339. The van der Waals surface area contributed by atoms with Gasteiger partial charge in [0.15, 0.2) is 0 Å². The van der Waals surface area contributed by atoms with Crippen LogP contribution in [0.1, 0.15) is 0 Å². The fourth-order valence-electron chi connectivity index (χ4n) is 0.695.